The second-order valence-corrected chi connectivity index (χ2v) is 10.4. The smallest absolute Gasteiger partial charge is 0.386 e. The quantitative estimate of drug-likeness (QED) is 0.323. The molecule has 0 bridgehead atoms. The van der Waals surface area contributed by atoms with Gasteiger partial charge in [-0.2, -0.15) is 0 Å². The monoisotopic (exact) mass is 380 g/mol. The van der Waals surface area contributed by atoms with E-state index in [1.165, 1.54) is 35.1 Å². The van der Waals surface area contributed by atoms with Crippen molar-refractivity contribution in [1.29, 1.82) is 0 Å². The number of terminal acetylenes is 1. The van der Waals surface area contributed by atoms with Gasteiger partial charge < -0.3 is 9.47 Å². The number of methoxy groups -OCH3 is 1. The first-order chi connectivity index (χ1) is 13.0. The number of carbonyl (C=O) groups is 1. The Bertz CT molecular complexity index is 888. The van der Waals surface area contributed by atoms with Crippen LogP contribution in [-0.2, 0) is 30.5 Å². The summed E-state index contributed by atoms with van der Waals surface area (Å²) < 4.78 is 11.4. The minimum absolute atomic E-state index is 0.0433. The topological polar surface area (TPSA) is 35.5 Å². The standard InChI is InChI=1S/C25H32O3/c1-8-21(26)28-25(27-7)12-11-24(15-20(24)25)17-14-19-18(13-16(17)2)22(3,4)9-10-23(19,5)6/h1,13-14,20H,9-12,15H2,2-7H3. The molecule has 0 saturated heterocycles. The lowest BCUT2D eigenvalue weighted by atomic mass is 9.62. The summed E-state index contributed by atoms with van der Waals surface area (Å²) in [6.45, 7) is 11.7. The lowest BCUT2D eigenvalue weighted by molar-refractivity contribution is -0.223. The molecule has 2 saturated carbocycles. The van der Waals surface area contributed by atoms with Gasteiger partial charge in [0.2, 0.25) is 5.79 Å². The molecule has 2 fully saturated rings. The van der Waals surface area contributed by atoms with E-state index in [9.17, 15) is 4.79 Å². The molecule has 0 N–H and O–H groups in total. The van der Waals surface area contributed by atoms with Crippen molar-refractivity contribution in [1.82, 2.24) is 0 Å². The summed E-state index contributed by atoms with van der Waals surface area (Å²) >= 11 is 0. The molecule has 1 aromatic carbocycles. The minimum Gasteiger partial charge on any atom is -0.423 e. The molecule has 28 heavy (non-hydrogen) atoms. The molecule has 0 aliphatic heterocycles. The van der Waals surface area contributed by atoms with Crippen LogP contribution in [0.1, 0.15) is 82.1 Å². The van der Waals surface area contributed by atoms with Crippen LogP contribution in [0, 0.1) is 25.2 Å². The zero-order valence-electron chi connectivity index (χ0n) is 18.1. The zero-order chi connectivity index (χ0) is 20.5. The number of hydrogen-bond acceptors (Lipinski definition) is 3. The number of fused-ring (bicyclic) bond motifs is 2. The van der Waals surface area contributed by atoms with Gasteiger partial charge in [-0.25, -0.2) is 4.79 Å². The molecule has 0 aromatic heterocycles. The van der Waals surface area contributed by atoms with E-state index >= 15 is 0 Å². The van der Waals surface area contributed by atoms with Crippen LogP contribution >= 0.6 is 0 Å². The highest BCUT2D eigenvalue weighted by Gasteiger charge is 2.72. The van der Waals surface area contributed by atoms with Gasteiger partial charge in [0, 0.05) is 30.8 Å². The summed E-state index contributed by atoms with van der Waals surface area (Å²) in [5.41, 5.74) is 6.18. The predicted molar refractivity (Wildman–Crippen MR) is 110 cm³/mol. The molecule has 1 aromatic rings. The Hall–Kier alpha value is -1.79. The second kappa shape index (κ2) is 5.86. The van der Waals surface area contributed by atoms with Gasteiger partial charge in [0.25, 0.3) is 0 Å². The average Bonchev–Trinajstić information content (AvgIpc) is 3.31. The van der Waals surface area contributed by atoms with Gasteiger partial charge in [-0.1, -0.05) is 39.8 Å². The molecular formula is C25H32O3. The van der Waals surface area contributed by atoms with Crippen molar-refractivity contribution >= 4 is 5.97 Å². The number of benzene rings is 1. The van der Waals surface area contributed by atoms with Gasteiger partial charge in [-0.15, -0.1) is 6.42 Å². The highest BCUT2D eigenvalue weighted by molar-refractivity contribution is 5.88. The molecule has 3 unspecified atom stereocenters. The Morgan fingerprint density at radius 2 is 1.64 bits per heavy atom. The summed E-state index contributed by atoms with van der Waals surface area (Å²) in [5, 5.41) is 0. The van der Waals surface area contributed by atoms with Crippen LogP contribution in [0.4, 0.5) is 0 Å². The summed E-state index contributed by atoms with van der Waals surface area (Å²) in [7, 11) is 1.63. The second-order valence-electron chi connectivity index (χ2n) is 10.4. The summed E-state index contributed by atoms with van der Waals surface area (Å²) in [4.78, 5) is 11.8. The molecule has 0 spiro atoms. The van der Waals surface area contributed by atoms with Gasteiger partial charge in [-0.3, -0.25) is 0 Å². The first kappa shape index (κ1) is 19.5. The van der Waals surface area contributed by atoms with Gasteiger partial charge in [-0.05, 0) is 65.7 Å². The highest BCUT2D eigenvalue weighted by Crippen LogP contribution is 2.70. The number of hydrogen-bond donors (Lipinski definition) is 0. The van der Waals surface area contributed by atoms with Crippen molar-refractivity contribution < 1.29 is 14.3 Å². The van der Waals surface area contributed by atoms with E-state index in [2.05, 4.69) is 52.7 Å². The molecule has 0 amide bonds. The number of aryl methyl sites for hydroxylation is 1. The van der Waals surface area contributed by atoms with Crippen molar-refractivity contribution in [2.45, 2.75) is 88.8 Å². The number of rotatable bonds is 3. The Morgan fingerprint density at radius 3 is 2.18 bits per heavy atom. The lowest BCUT2D eigenvalue weighted by Gasteiger charge is -2.43. The maximum absolute atomic E-state index is 11.8. The van der Waals surface area contributed by atoms with Crippen LogP contribution in [-0.4, -0.2) is 18.9 Å². The molecular weight excluding hydrogens is 348 g/mol. The third-order valence-corrected chi connectivity index (χ3v) is 7.99. The zero-order valence-corrected chi connectivity index (χ0v) is 18.1. The Balaban J connectivity index is 1.77. The SMILES string of the molecule is C#CC(=O)OC1(OC)CCC2(c3cc4c(cc3C)C(C)(C)CCC4(C)C)CC12. The van der Waals surface area contributed by atoms with Crippen molar-refractivity contribution in [3.63, 3.8) is 0 Å². The minimum atomic E-state index is -0.874. The fourth-order valence-corrected chi connectivity index (χ4v) is 6.01. The average molecular weight is 381 g/mol. The molecule has 150 valence electrons. The molecule has 3 aliphatic rings. The van der Waals surface area contributed by atoms with E-state index in [0.29, 0.717) is 6.42 Å². The van der Waals surface area contributed by atoms with Gasteiger partial charge in [0.1, 0.15) is 0 Å². The highest BCUT2D eigenvalue weighted by atomic mass is 16.7. The molecule has 0 radical (unpaired) electrons. The van der Waals surface area contributed by atoms with Crippen molar-refractivity contribution in [3.8, 4) is 12.3 Å². The van der Waals surface area contributed by atoms with Crippen LogP contribution in [0.5, 0.6) is 0 Å². The predicted octanol–water partition coefficient (Wildman–Crippen LogP) is 4.91. The maximum atomic E-state index is 11.8. The Kier molecular flexibility index (Phi) is 4.09. The van der Waals surface area contributed by atoms with E-state index in [4.69, 9.17) is 15.9 Å². The first-order valence-corrected chi connectivity index (χ1v) is 10.4. The first-order valence-electron chi connectivity index (χ1n) is 10.4. The van der Waals surface area contributed by atoms with E-state index in [0.717, 1.165) is 12.8 Å². The Labute approximate surface area is 169 Å². The summed E-state index contributed by atoms with van der Waals surface area (Å²) in [5.74, 6) is 0.748. The van der Waals surface area contributed by atoms with Crippen molar-refractivity contribution in [2.75, 3.05) is 7.11 Å². The van der Waals surface area contributed by atoms with Crippen LogP contribution < -0.4 is 0 Å². The van der Waals surface area contributed by atoms with E-state index in [1.807, 2.05) is 0 Å². The van der Waals surface area contributed by atoms with E-state index < -0.39 is 11.8 Å². The Morgan fingerprint density at radius 1 is 1.04 bits per heavy atom. The molecule has 3 atom stereocenters. The lowest BCUT2D eigenvalue weighted by Crippen LogP contribution is -2.37. The fraction of sp³-hybridized carbons (Fsp3) is 0.640. The normalized spacial score (nSPS) is 34.1. The van der Waals surface area contributed by atoms with Crippen LogP contribution in [0.15, 0.2) is 12.1 Å². The molecule has 0 heterocycles. The van der Waals surface area contributed by atoms with Gasteiger partial charge in [0.15, 0.2) is 0 Å². The van der Waals surface area contributed by atoms with Gasteiger partial charge in [0.05, 0.1) is 0 Å². The van der Waals surface area contributed by atoms with Crippen molar-refractivity contribution in [3.05, 3.63) is 34.4 Å². The molecule has 4 rings (SSSR count). The molecule has 3 heteroatoms. The largest absolute Gasteiger partial charge is 0.423 e. The third kappa shape index (κ3) is 2.57. The fourth-order valence-electron chi connectivity index (χ4n) is 6.01. The maximum Gasteiger partial charge on any atom is 0.386 e. The van der Waals surface area contributed by atoms with Gasteiger partial charge >= 0.3 is 5.97 Å². The number of carbonyl (C=O) groups excluding carboxylic acids is 1. The van der Waals surface area contributed by atoms with Crippen LogP contribution in [0.2, 0.25) is 0 Å². The van der Waals surface area contributed by atoms with Crippen molar-refractivity contribution in [2.24, 2.45) is 5.92 Å². The molecule has 3 nitrogen and oxygen atoms in total. The summed E-state index contributed by atoms with van der Waals surface area (Å²) in [6, 6.07) is 4.90. The van der Waals surface area contributed by atoms with Crippen LogP contribution in [0.3, 0.4) is 0 Å². The third-order valence-electron chi connectivity index (χ3n) is 7.99. The number of esters is 1. The van der Waals surface area contributed by atoms with E-state index in [-0.39, 0.29) is 22.2 Å². The number of ether oxygens (including phenoxy) is 2. The van der Waals surface area contributed by atoms with E-state index in [1.54, 1.807) is 7.11 Å². The summed E-state index contributed by atoms with van der Waals surface area (Å²) in [6.07, 6.45) is 10.3. The molecule has 3 aliphatic carbocycles. The van der Waals surface area contributed by atoms with Crippen LogP contribution in [0.25, 0.3) is 0 Å².